The average Bonchev–Trinajstić information content (AvgIpc) is 3.55. The summed E-state index contributed by atoms with van der Waals surface area (Å²) in [7, 11) is 0. The minimum Gasteiger partial charge on any atom is -0.314 e. The van der Waals surface area contributed by atoms with E-state index < -0.39 is 33.7 Å². The average molecular weight is 547 g/mol. The van der Waals surface area contributed by atoms with Crippen molar-refractivity contribution in [1.29, 1.82) is 0 Å². The molecule has 8 nitrogen and oxygen atoms in total. The zero-order valence-electron chi connectivity index (χ0n) is 19.0. The predicted octanol–water partition coefficient (Wildman–Crippen LogP) is 6.65. The maximum Gasteiger partial charge on any atom is 0.275 e. The van der Waals surface area contributed by atoms with E-state index in [0.29, 0.717) is 17.7 Å². The van der Waals surface area contributed by atoms with Crippen LogP contribution in [0.2, 0.25) is 5.02 Å². The molecule has 0 amide bonds. The SMILES string of the molecule is O=[N+]([O-])c1cc(F)c(-n2cc(-c3cc(Cl)cc(NSN4CCCC4)c3F)c(-c3ccncc3)n2)c(F)c1. The second-order valence-corrected chi connectivity index (χ2v) is 9.57. The first-order valence-corrected chi connectivity index (χ1v) is 12.3. The largest absolute Gasteiger partial charge is 0.314 e. The van der Waals surface area contributed by atoms with Gasteiger partial charge in [0.1, 0.15) is 11.4 Å². The van der Waals surface area contributed by atoms with Crippen molar-refractivity contribution in [2.75, 3.05) is 17.8 Å². The molecule has 1 aliphatic rings. The van der Waals surface area contributed by atoms with Crippen molar-refractivity contribution >= 4 is 35.1 Å². The van der Waals surface area contributed by atoms with Crippen LogP contribution in [0.1, 0.15) is 12.8 Å². The van der Waals surface area contributed by atoms with Crippen LogP contribution in [0, 0.1) is 27.6 Å². The lowest BCUT2D eigenvalue weighted by atomic mass is 10.0. The number of non-ortho nitro benzene ring substituents is 1. The molecule has 2 aromatic carbocycles. The molecule has 3 heterocycles. The number of halogens is 4. The van der Waals surface area contributed by atoms with E-state index in [1.54, 1.807) is 12.1 Å². The molecular formula is C24H18ClF3N6O2S. The molecule has 4 aromatic rings. The van der Waals surface area contributed by atoms with Crippen molar-refractivity contribution < 1.29 is 18.1 Å². The number of benzene rings is 2. The van der Waals surface area contributed by atoms with Crippen LogP contribution in [-0.2, 0) is 0 Å². The minimum absolute atomic E-state index is 0.0535. The van der Waals surface area contributed by atoms with Gasteiger partial charge in [0, 0.05) is 65.5 Å². The third-order valence-corrected chi connectivity index (χ3v) is 6.94. The summed E-state index contributed by atoms with van der Waals surface area (Å²) in [5.41, 5.74) is -0.272. The van der Waals surface area contributed by atoms with E-state index in [-0.39, 0.29) is 27.5 Å². The van der Waals surface area contributed by atoms with E-state index in [1.165, 1.54) is 42.9 Å². The summed E-state index contributed by atoms with van der Waals surface area (Å²) in [5, 5.41) is 15.6. The lowest BCUT2D eigenvalue weighted by Gasteiger charge is -2.16. The molecule has 0 radical (unpaired) electrons. The number of nitrogens with zero attached hydrogens (tertiary/aromatic N) is 5. The molecule has 1 N–H and O–H groups in total. The number of pyridine rings is 1. The summed E-state index contributed by atoms with van der Waals surface area (Å²) in [5.74, 6) is -3.02. The summed E-state index contributed by atoms with van der Waals surface area (Å²) in [6.07, 6.45) is 6.37. The Labute approximate surface area is 218 Å². The molecule has 1 saturated heterocycles. The van der Waals surface area contributed by atoms with Crippen LogP contribution >= 0.6 is 23.7 Å². The highest BCUT2D eigenvalue weighted by Gasteiger charge is 2.24. The predicted molar refractivity (Wildman–Crippen MR) is 136 cm³/mol. The summed E-state index contributed by atoms with van der Waals surface area (Å²) >= 11 is 7.61. The van der Waals surface area contributed by atoms with E-state index in [1.807, 2.05) is 0 Å². The Bertz CT molecular complexity index is 1460. The van der Waals surface area contributed by atoms with Crippen molar-refractivity contribution in [1.82, 2.24) is 19.1 Å². The Balaban J connectivity index is 1.64. The molecule has 2 aromatic heterocycles. The van der Waals surface area contributed by atoms with Gasteiger partial charge in [0.25, 0.3) is 5.69 Å². The lowest BCUT2D eigenvalue weighted by molar-refractivity contribution is -0.385. The van der Waals surface area contributed by atoms with Gasteiger partial charge in [-0.25, -0.2) is 22.2 Å². The first-order chi connectivity index (χ1) is 17.8. The molecule has 1 aliphatic heterocycles. The van der Waals surface area contributed by atoms with E-state index in [2.05, 4.69) is 19.1 Å². The smallest absolute Gasteiger partial charge is 0.275 e. The molecular weight excluding hydrogens is 529 g/mol. The fourth-order valence-electron chi connectivity index (χ4n) is 4.04. The molecule has 190 valence electrons. The number of rotatable bonds is 7. The highest BCUT2D eigenvalue weighted by atomic mass is 35.5. The molecule has 13 heteroatoms. The van der Waals surface area contributed by atoms with Gasteiger partial charge in [0.05, 0.1) is 22.7 Å². The standard InChI is InChI=1S/C24H18ClF3N6O2S/c25-15-9-17(22(28)21(10-15)31-37-32-7-1-2-8-32)18-13-33(30-23(18)14-3-5-29-6-4-14)24-19(26)11-16(34(35)36)12-20(24)27/h3-6,9-13,31H,1-2,7-8H2. The Morgan fingerprint density at radius 1 is 1.03 bits per heavy atom. The number of aromatic nitrogens is 3. The van der Waals surface area contributed by atoms with Crippen molar-refractivity contribution in [2.24, 2.45) is 0 Å². The Hall–Kier alpha value is -3.61. The fourth-order valence-corrected chi connectivity index (χ4v) is 5.07. The molecule has 0 atom stereocenters. The van der Waals surface area contributed by atoms with Crippen LogP contribution in [0.4, 0.5) is 24.5 Å². The highest BCUT2D eigenvalue weighted by Crippen LogP contribution is 2.39. The number of nitrogens with one attached hydrogen (secondary N) is 1. The maximum absolute atomic E-state index is 15.8. The van der Waals surface area contributed by atoms with Gasteiger partial charge in [-0.05, 0) is 37.1 Å². The first kappa shape index (κ1) is 25.1. The molecule has 0 unspecified atom stereocenters. The van der Waals surface area contributed by atoms with Crippen molar-refractivity contribution in [3.8, 4) is 28.1 Å². The summed E-state index contributed by atoms with van der Waals surface area (Å²) < 4.78 is 51.4. The monoisotopic (exact) mass is 546 g/mol. The molecule has 0 saturated carbocycles. The summed E-state index contributed by atoms with van der Waals surface area (Å²) in [4.78, 5) is 14.1. The second-order valence-electron chi connectivity index (χ2n) is 8.23. The fraction of sp³-hybridized carbons (Fsp3) is 0.167. The topological polar surface area (TPSA) is 89.1 Å². The Morgan fingerprint density at radius 2 is 1.70 bits per heavy atom. The number of nitro benzene ring substituents is 1. The van der Waals surface area contributed by atoms with E-state index in [9.17, 15) is 18.9 Å². The zero-order valence-corrected chi connectivity index (χ0v) is 20.6. The van der Waals surface area contributed by atoms with Gasteiger partial charge < -0.3 is 4.72 Å². The normalized spacial score (nSPS) is 13.7. The molecule has 0 spiro atoms. The molecule has 0 bridgehead atoms. The zero-order chi connectivity index (χ0) is 26.1. The van der Waals surface area contributed by atoms with Crippen LogP contribution in [0.25, 0.3) is 28.1 Å². The van der Waals surface area contributed by atoms with Crippen LogP contribution in [0.5, 0.6) is 0 Å². The summed E-state index contributed by atoms with van der Waals surface area (Å²) in [6.45, 7) is 1.75. The molecule has 1 fully saturated rings. The molecule has 5 rings (SSSR count). The Kier molecular flexibility index (Phi) is 7.04. The van der Waals surface area contributed by atoms with Crippen LogP contribution in [0.3, 0.4) is 0 Å². The second kappa shape index (κ2) is 10.4. The number of nitro groups is 1. The van der Waals surface area contributed by atoms with Crippen molar-refractivity contribution in [3.63, 3.8) is 0 Å². The van der Waals surface area contributed by atoms with Gasteiger partial charge in [-0.3, -0.25) is 15.1 Å². The van der Waals surface area contributed by atoms with Gasteiger partial charge >= 0.3 is 0 Å². The minimum atomic E-state index is -1.20. The van der Waals surface area contributed by atoms with Gasteiger partial charge in [-0.15, -0.1) is 0 Å². The van der Waals surface area contributed by atoms with Crippen LogP contribution in [-0.4, -0.2) is 37.1 Å². The van der Waals surface area contributed by atoms with Gasteiger partial charge in [-0.2, -0.15) is 5.10 Å². The van der Waals surface area contributed by atoms with Gasteiger partial charge in [0.2, 0.25) is 0 Å². The number of anilines is 1. The third-order valence-electron chi connectivity index (χ3n) is 5.79. The van der Waals surface area contributed by atoms with E-state index >= 15 is 4.39 Å². The van der Waals surface area contributed by atoms with E-state index in [4.69, 9.17) is 11.6 Å². The summed E-state index contributed by atoms with van der Waals surface area (Å²) in [6, 6.07) is 7.28. The van der Waals surface area contributed by atoms with Crippen LogP contribution in [0.15, 0.2) is 55.0 Å². The van der Waals surface area contributed by atoms with Crippen molar-refractivity contribution in [2.45, 2.75) is 12.8 Å². The highest BCUT2D eigenvalue weighted by molar-refractivity contribution is 7.98. The quantitative estimate of drug-likeness (QED) is 0.158. The van der Waals surface area contributed by atoms with Crippen LogP contribution < -0.4 is 4.72 Å². The van der Waals surface area contributed by atoms with Gasteiger partial charge in [0.15, 0.2) is 17.5 Å². The van der Waals surface area contributed by atoms with Crippen molar-refractivity contribution in [3.05, 3.63) is 87.6 Å². The number of hydrogen-bond acceptors (Lipinski definition) is 7. The van der Waals surface area contributed by atoms with E-state index in [0.717, 1.165) is 30.6 Å². The Morgan fingerprint density at radius 3 is 2.35 bits per heavy atom. The molecule has 0 aliphatic carbocycles. The first-order valence-electron chi connectivity index (χ1n) is 11.1. The van der Waals surface area contributed by atoms with Gasteiger partial charge in [-0.1, -0.05) is 11.6 Å². The molecule has 37 heavy (non-hydrogen) atoms. The lowest BCUT2D eigenvalue weighted by Crippen LogP contribution is -2.12. The number of hydrogen-bond donors (Lipinski definition) is 1. The third kappa shape index (κ3) is 5.13. The maximum atomic E-state index is 15.8.